The summed E-state index contributed by atoms with van der Waals surface area (Å²) in [6.07, 6.45) is 1.38. The van der Waals surface area contributed by atoms with E-state index in [4.69, 9.17) is 4.74 Å². The predicted molar refractivity (Wildman–Crippen MR) is 103 cm³/mol. The van der Waals surface area contributed by atoms with Gasteiger partial charge in [-0.2, -0.15) is 0 Å². The molecular formula is C22H26F2N2O2. The van der Waals surface area contributed by atoms with Crippen molar-refractivity contribution in [2.75, 3.05) is 33.3 Å². The number of hydrogen-bond donors (Lipinski definition) is 1. The van der Waals surface area contributed by atoms with E-state index in [0.29, 0.717) is 32.5 Å². The third-order valence-corrected chi connectivity index (χ3v) is 5.91. The Kier molecular flexibility index (Phi) is 5.36. The summed E-state index contributed by atoms with van der Waals surface area (Å²) < 4.78 is 34.0. The molecule has 0 spiro atoms. The second-order valence-corrected chi connectivity index (χ2v) is 7.92. The van der Waals surface area contributed by atoms with Gasteiger partial charge in [-0.1, -0.05) is 12.1 Å². The van der Waals surface area contributed by atoms with Crippen molar-refractivity contribution in [3.05, 3.63) is 64.7 Å². The molecule has 28 heavy (non-hydrogen) atoms. The number of rotatable bonds is 3. The largest absolute Gasteiger partial charge is 0.492 e. The zero-order valence-electron chi connectivity index (χ0n) is 16.1. The Hall–Kier alpha value is -2.02. The Bertz CT molecular complexity index is 830. The highest BCUT2D eigenvalue weighted by Gasteiger charge is 2.33. The zero-order valence-corrected chi connectivity index (χ0v) is 16.1. The van der Waals surface area contributed by atoms with E-state index in [1.807, 2.05) is 23.1 Å². The second kappa shape index (κ2) is 7.78. The lowest BCUT2D eigenvalue weighted by Gasteiger charge is -2.37. The molecule has 1 N–H and O–H groups in total. The van der Waals surface area contributed by atoms with Crippen LogP contribution in [0, 0.1) is 11.6 Å². The average Bonchev–Trinajstić information content (AvgIpc) is 2.88. The first-order valence-corrected chi connectivity index (χ1v) is 9.77. The first-order chi connectivity index (χ1) is 13.4. The van der Waals surface area contributed by atoms with Crippen LogP contribution < -0.4 is 4.74 Å². The van der Waals surface area contributed by atoms with Gasteiger partial charge in [0.1, 0.15) is 24.0 Å². The average molecular weight is 388 g/mol. The number of benzene rings is 2. The minimum absolute atomic E-state index is 0.0797. The Balaban J connectivity index is 1.57. The third kappa shape index (κ3) is 3.90. The molecular weight excluding hydrogens is 362 g/mol. The van der Waals surface area contributed by atoms with Crippen molar-refractivity contribution < 1.29 is 18.6 Å². The maximum atomic E-state index is 14.1. The number of fused-ring (bicyclic) bond motifs is 1. The fourth-order valence-corrected chi connectivity index (χ4v) is 4.06. The van der Waals surface area contributed by atoms with Gasteiger partial charge in [0.2, 0.25) is 0 Å². The molecule has 1 fully saturated rings. The number of nitrogens with zero attached hydrogens (tertiary/aromatic N) is 2. The van der Waals surface area contributed by atoms with Crippen molar-refractivity contribution in [3.8, 4) is 5.75 Å². The summed E-state index contributed by atoms with van der Waals surface area (Å²) in [5.41, 5.74) is 1.08. The molecule has 0 unspecified atom stereocenters. The van der Waals surface area contributed by atoms with Crippen molar-refractivity contribution >= 4 is 0 Å². The van der Waals surface area contributed by atoms with Crippen molar-refractivity contribution in [2.24, 2.45) is 0 Å². The van der Waals surface area contributed by atoms with Crippen LogP contribution in [0.5, 0.6) is 5.75 Å². The van der Waals surface area contributed by atoms with Crippen LogP contribution >= 0.6 is 0 Å². The molecule has 1 saturated heterocycles. The molecule has 4 nitrogen and oxygen atoms in total. The van der Waals surface area contributed by atoms with E-state index >= 15 is 0 Å². The maximum Gasteiger partial charge on any atom is 0.130 e. The summed E-state index contributed by atoms with van der Waals surface area (Å²) in [6.45, 7) is 3.43. The Labute approximate surface area is 164 Å². The molecule has 0 saturated carbocycles. The lowest BCUT2D eigenvalue weighted by molar-refractivity contribution is -0.0204. The molecule has 2 aliphatic rings. The van der Waals surface area contributed by atoms with Crippen LogP contribution in [0.3, 0.4) is 0 Å². The molecule has 2 aromatic rings. The number of ether oxygens (including phenoxy) is 1. The zero-order chi connectivity index (χ0) is 19.7. The minimum Gasteiger partial charge on any atom is -0.492 e. The Morgan fingerprint density at radius 3 is 2.50 bits per heavy atom. The third-order valence-electron chi connectivity index (χ3n) is 5.91. The first kappa shape index (κ1) is 19.3. The highest BCUT2D eigenvalue weighted by Crippen LogP contribution is 2.36. The van der Waals surface area contributed by atoms with Crippen LogP contribution in [0.2, 0.25) is 0 Å². The van der Waals surface area contributed by atoms with E-state index in [0.717, 1.165) is 30.0 Å². The van der Waals surface area contributed by atoms with E-state index < -0.39 is 17.2 Å². The van der Waals surface area contributed by atoms with Gasteiger partial charge in [-0.3, -0.25) is 4.90 Å². The second-order valence-electron chi connectivity index (χ2n) is 7.92. The maximum absolute atomic E-state index is 14.1. The lowest BCUT2D eigenvalue weighted by atomic mass is 9.84. The van der Waals surface area contributed by atoms with Gasteiger partial charge in [-0.05, 0) is 49.7 Å². The lowest BCUT2D eigenvalue weighted by Crippen LogP contribution is -2.40. The standard InChI is InChI=1S/C22H26F2N2O2/c1-25-9-7-22(27,8-10-25)17-5-6-21-16(13-17)14-26(11-12-28-21)15-18-19(23)3-2-4-20(18)24/h2-6,13,27H,7-12,14-15H2,1H3. The number of halogens is 2. The van der Waals surface area contributed by atoms with Crippen molar-refractivity contribution in [2.45, 2.75) is 31.5 Å². The van der Waals surface area contributed by atoms with E-state index in [1.165, 1.54) is 18.2 Å². The Morgan fingerprint density at radius 1 is 1.07 bits per heavy atom. The van der Waals surface area contributed by atoms with Gasteiger partial charge in [0.25, 0.3) is 0 Å². The summed E-state index contributed by atoms with van der Waals surface area (Å²) >= 11 is 0. The molecule has 2 aromatic carbocycles. The summed E-state index contributed by atoms with van der Waals surface area (Å²) in [5.74, 6) is -0.281. The highest BCUT2D eigenvalue weighted by molar-refractivity contribution is 5.40. The summed E-state index contributed by atoms with van der Waals surface area (Å²) in [7, 11) is 2.06. The quantitative estimate of drug-likeness (QED) is 0.876. The van der Waals surface area contributed by atoms with Crippen molar-refractivity contribution in [1.29, 1.82) is 0 Å². The van der Waals surface area contributed by atoms with Gasteiger partial charge in [-0.25, -0.2) is 8.78 Å². The molecule has 150 valence electrons. The molecule has 0 aliphatic carbocycles. The van der Waals surface area contributed by atoms with Gasteiger partial charge < -0.3 is 14.7 Å². The van der Waals surface area contributed by atoms with Gasteiger partial charge in [0, 0.05) is 43.9 Å². The number of hydrogen-bond acceptors (Lipinski definition) is 4. The van der Waals surface area contributed by atoms with Crippen LogP contribution in [0.4, 0.5) is 8.78 Å². The van der Waals surface area contributed by atoms with Gasteiger partial charge in [0.05, 0.1) is 5.60 Å². The van der Waals surface area contributed by atoms with Crippen molar-refractivity contribution in [3.63, 3.8) is 0 Å². The van der Waals surface area contributed by atoms with Crippen LogP contribution in [-0.4, -0.2) is 48.2 Å². The predicted octanol–water partition coefficient (Wildman–Crippen LogP) is 3.27. The fraction of sp³-hybridized carbons (Fsp3) is 0.455. The van der Waals surface area contributed by atoms with E-state index in [-0.39, 0.29) is 12.1 Å². The Morgan fingerprint density at radius 2 is 1.79 bits per heavy atom. The number of aliphatic hydroxyl groups is 1. The monoisotopic (exact) mass is 388 g/mol. The normalized spacial score (nSPS) is 20.3. The summed E-state index contributed by atoms with van der Waals surface area (Å²) in [5, 5.41) is 11.1. The van der Waals surface area contributed by atoms with Crippen LogP contribution in [-0.2, 0) is 18.7 Å². The van der Waals surface area contributed by atoms with Gasteiger partial charge in [0.15, 0.2) is 0 Å². The SMILES string of the molecule is CN1CCC(O)(c2ccc3c(c2)CN(Cc2c(F)cccc2F)CCO3)CC1. The molecule has 0 atom stereocenters. The molecule has 4 rings (SSSR count). The highest BCUT2D eigenvalue weighted by atomic mass is 19.1. The molecule has 6 heteroatoms. The summed E-state index contributed by atoms with van der Waals surface area (Å²) in [6, 6.07) is 9.80. The topological polar surface area (TPSA) is 35.9 Å². The minimum atomic E-state index is -0.837. The van der Waals surface area contributed by atoms with E-state index in [2.05, 4.69) is 11.9 Å². The van der Waals surface area contributed by atoms with E-state index in [9.17, 15) is 13.9 Å². The fourth-order valence-electron chi connectivity index (χ4n) is 4.06. The molecule has 0 amide bonds. The van der Waals surface area contributed by atoms with Crippen molar-refractivity contribution in [1.82, 2.24) is 9.80 Å². The number of likely N-dealkylation sites (tertiary alicyclic amines) is 1. The molecule has 2 aliphatic heterocycles. The van der Waals surface area contributed by atoms with E-state index in [1.54, 1.807) is 0 Å². The summed E-state index contributed by atoms with van der Waals surface area (Å²) in [4.78, 5) is 4.20. The molecule has 0 aromatic heterocycles. The van der Waals surface area contributed by atoms with Gasteiger partial charge >= 0.3 is 0 Å². The van der Waals surface area contributed by atoms with Gasteiger partial charge in [-0.15, -0.1) is 0 Å². The van der Waals surface area contributed by atoms with Crippen LogP contribution in [0.1, 0.15) is 29.5 Å². The van der Waals surface area contributed by atoms with Crippen LogP contribution in [0.15, 0.2) is 36.4 Å². The first-order valence-electron chi connectivity index (χ1n) is 9.77. The number of piperidine rings is 1. The molecule has 2 heterocycles. The molecule has 0 radical (unpaired) electrons. The smallest absolute Gasteiger partial charge is 0.130 e. The molecule has 0 bridgehead atoms. The van der Waals surface area contributed by atoms with Crippen LogP contribution in [0.25, 0.3) is 0 Å².